The summed E-state index contributed by atoms with van der Waals surface area (Å²) in [5, 5.41) is 2.32. The van der Waals surface area contributed by atoms with E-state index in [4.69, 9.17) is 11.6 Å². The first-order valence-corrected chi connectivity index (χ1v) is 6.24. The number of benzene rings is 2. The van der Waals surface area contributed by atoms with E-state index in [2.05, 4.69) is 5.32 Å². The van der Waals surface area contributed by atoms with E-state index >= 15 is 0 Å². The van der Waals surface area contributed by atoms with Gasteiger partial charge in [-0.3, -0.25) is 9.59 Å². The Bertz CT molecular complexity index is 685. The SMILES string of the molecule is CC(=O)c1ccccc1NC(=O)c1cccc(F)c1Cl. The molecular formula is C15H11ClFNO2. The molecule has 2 aromatic rings. The first-order chi connectivity index (χ1) is 9.50. The molecule has 0 aliphatic rings. The predicted molar refractivity (Wildman–Crippen MR) is 75.8 cm³/mol. The molecule has 0 saturated carbocycles. The molecule has 0 aromatic heterocycles. The molecule has 3 nitrogen and oxygen atoms in total. The van der Waals surface area contributed by atoms with E-state index in [9.17, 15) is 14.0 Å². The van der Waals surface area contributed by atoms with Crippen LogP contribution in [0.5, 0.6) is 0 Å². The molecule has 0 fully saturated rings. The molecule has 20 heavy (non-hydrogen) atoms. The Morgan fingerprint density at radius 1 is 1.05 bits per heavy atom. The lowest BCUT2D eigenvalue weighted by Gasteiger charge is -2.10. The standard InChI is InChI=1S/C15H11ClFNO2/c1-9(19)10-5-2-3-8-13(10)18-15(20)11-6-4-7-12(17)14(11)16/h2-8H,1H3,(H,18,20). The molecule has 0 aliphatic heterocycles. The number of para-hydroxylation sites is 1. The smallest absolute Gasteiger partial charge is 0.257 e. The van der Waals surface area contributed by atoms with Crippen molar-refractivity contribution in [1.82, 2.24) is 0 Å². The molecule has 102 valence electrons. The summed E-state index contributed by atoms with van der Waals surface area (Å²) in [4.78, 5) is 23.6. The van der Waals surface area contributed by atoms with E-state index in [1.807, 2.05) is 0 Å². The van der Waals surface area contributed by atoms with Gasteiger partial charge < -0.3 is 5.32 Å². The highest BCUT2D eigenvalue weighted by Crippen LogP contribution is 2.22. The fourth-order valence-electron chi connectivity index (χ4n) is 1.77. The van der Waals surface area contributed by atoms with Crippen molar-refractivity contribution in [2.24, 2.45) is 0 Å². The summed E-state index contributed by atoms with van der Waals surface area (Å²) in [6.07, 6.45) is 0. The van der Waals surface area contributed by atoms with Crippen molar-refractivity contribution in [3.05, 3.63) is 64.4 Å². The molecule has 1 N–H and O–H groups in total. The quantitative estimate of drug-likeness (QED) is 0.871. The Balaban J connectivity index is 2.33. The third kappa shape index (κ3) is 2.86. The van der Waals surface area contributed by atoms with Crippen molar-refractivity contribution in [3.63, 3.8) is 0 Å². The van der Waals surface area contributed by atoms with Gasteiger partial charge in [0.1, 0.15) is 5.82 Å². The normalized spacial score (nSPS) is 10.2. The molecule has 0 unspecified atom stereocenters. The highest BCUT2D eigenvalue weighted by atomic mass is 35.5. The van der Waals surface area contributed by atoms with Crippen LogP contribution in [-0.4, -0.2) is 11.7 Å². The number of halogens is 2. The number of ketones is 1. The molecule has 2 aromatic carbocycles. The lowest BCUT2D eigenvalue weighted by molar-refractivity contribution is 0.101. The Labute approximate surface area is 120 Å². The molecule has 0 heterocycles. The highest BCUT2D eigenvalue weighted by Gasteiger charge is 2.15. The Morgan fingerprint density at radius 2 is 1.70 bits per heavy atom. The zero-order valence-electron chi connectivity index (χ0n) is 10.6. The summed E-state index contributed by atoms with van der Waals surface area (Å²) < 4.78 is 13.3. The topological polar surface area (TPSA) is 46.2 Å². The maximum Gasteiger partial charge on any atom is 0.257 e. The van der Waals surface area contributed by atoms with Crippen LogP contribution in [0, 0.1) is 5.82 Å². The number of anilines is 1. The van der Waals surface area contributed by atoms with E-state index in [1.165, 1.54) is 25.1 Å². The van der Waals surface area contributed by atoms with Gasteiger partial charge in [-0.25, -0.2) is 4.39 Å². The number of hydrogen-bond donors (Lipinski definition) is 1. The lowest BCUT2D eigenvalue weighted by Crippen LogP contribution is -2.15. The third-order valence-corrected chi connectivity index (χ3v) is 3.13. The molecule has 0 radical (unpaired) electrons. The van der Waals surface area contributed by atoms with Crippen molar-refractivity contribution in [3.8, 4) is 0 Å². The second-order valence-electron chi connectivity index (χ2n) is 4.16. The van der Waals surface area contributed by atoms with E-state index in [-0.39, 0.29) is 16.4 Å². The van der Waals surface area contributed by atoms with Gasteiger partial charge >= 0.3 is 0 Å². The molecule has 0 bridgehead atoms. The second kappa shape index (κ2) is 5.84. The summed E-state index contributed by atoms with van der Waals surface area (Å²) in [6.45, 7) is 1.40. The van der Waals surface area contributed by atoms with E-state index in [1.54, 1.807) is 24.3 Å². The largest absolute Gasteiger partial charge is 0.321 e. The molecule has 0 spiro atoms. The predicted octanol–water partition coefficient (Wildman–Crippen LogP) is 3.93. The van der Waals surface area contributed by atoms with Crippen LogP contribution in [0.15, 0.2) is 42.5 Å². The number of Topliss-reactive ketones (excluding diaryl/α,β-unsaturated/α-hetero) is 1. The maximum atomic E-state index is 13.3. The monoisotopic (exact) mass is 291 g/mol. The van der Waals surface area contributed by atoms with Crippen LogP contribution in [0.1, 0.15) is 27.6 Å². The molecule has 5 heteroatoms. The van der Waals surface area contributed by atoms with Crippen LogP contribution in [0.4, 0.5) is 10.1 Å². The van der Waals surface area contributed by atoms with Crippen molar-refractivity contribution < 1.29 is 14.0 Å². The summed E-state index contributed by atoms with van der Waals surface area (Å²) in [7, 11) is 0. The van der Waals surface area contributed by atoms with Gasteiger partial charge in [0.25, 0.3) is 5.91 Å². The average molecular weight is 292 g/mol. The first-order valence-electron chi connectivity index (χ1n) is 5.86. The number of carbonyl (C=O) groups is 2. The van der Waals surface area contributed by atoms with Crippen molar-refractivity contribution in [2.75, 3.05) is 5.32 Å². The molecule has 0 aliphatic carbocycles. The second-order valence-corrected chi connectivity index (χ2v) is 4.54. The van der Waals surface area contributed by atoms with Crippen molar-refractivity contribution in [1.29, 1.82) is 0 Å². The van der Waals surface area contributed by atoms with Gasteiger partial charge in [-0.1, -0.05) is 29.8 Å². The van der Waals surface area contributed by atoms with Crippen LogP contribution in [0.2, 0.25) is 5.02 Å². The first kappa shape index (κ1) is 14.2. The maximum absolute atomic E-state index is 13.3. The molecule has 0 saturated heterocycles. The highest BCUT2D eigenvalue weighted by molar-refractivity contribution is 6.34. The summed E-state index contributed by atoms with van der Waals surface area (Å²) >= 11 is 5.75. The molecule has 0 atom stereocenters. The van der Waals surface area contributed by atoms with Gasteiger partial charge in [-0.2, -0.15) is 0 Å². The zero-order chi connectivity index (χ0) is 14.7. The average Bonchev–Trinajstić information content (AvgIpc) is 2.42. The number of hydrogen-bond acceptors (Lipinski definition) is 2. The van der Waals surface area contributed by atoms with Crippen LogP contribution in [0.3, 0.4) is 0 Å². The molecular weight excluding hydrogens is 281 g/mol. The van der Waals surface area contributed by atoms with E-state index in [0.29, 0.717) is 11.3 Å². The summed E-state index contributed by atoms with van der Waals surface area (Å²) in [5.41, 5.74) is 0.767. The number of carbonyl (C=O) groups excluding carboxylic acids is 2. The van der Waals surface area contributed by atoms with E-state index < -0.39 is 11.7 Å². The van der Waals surface area contributed by atoms with E-state index in [0.717, 1.165) is 0 Å². The van der Waals surface area contributed by atoms with Gasteiger partial charge in [-0.05, 0) is 31.2 Å². The minimum absolute atomic E-state index is 0.0185. The number of amides is 1. The summed E-state index contributed by atoms with van der Waals surface area (Å²) in [6, 6.07) is 10.6. The van der Waals surface area contributed by atoms with Gasteiger partial charge in [0, 0.05) is 5.56 Å². The van der Waals surface area contributed by atoms with Crippen molar-refractivity contribution in [2.45, 2.75) is 6.92 Å². The van der Waals surface area contributed by atoms with Gasteiger partial charge in [0.2, 0.25) is 0 Å². The van der Waals surface area contributed by atoms with Gasteiger partial charge in [0.05, 0.1) is 16.3 Å². The zero-order valence-corrected chi connectivity index (χ0v) is 11.4. The Morgan fingerprint density at radius 3 is 2.40 bits per heavy atom. The Kier molecular flexibility index (Phi) is 4.15. The molecule has 2 rings (SSSR count). The minimum atomic E-state index is -0.667. The fourth-order valence-corrected chi connectivity index (χ4v) is 1.98. The van der Waals surface area contributed by atoms with Crippen LogP contribution < -0.4 is 5.32 Å². The fraction of sp³-hybridized carbons (Fsp3) is 0.0667. The Hall–Kier alpha value is -2.20. The summed E-state index contributed by atoms with van der Waals surface area (Å²) in [5.74, 6) is -1.41. The van der Waals surface area contributed by atoms with Crippen molar-refractivity contribution >= 4 is 29.0 Å². The van der Waals surface area contributed by atoms with Gasteiger partial charge in [-0.15, -0.1) is 0 Å². The third-order valence-electron chi connectivity index (χ3n) is 2.75. The van der Waals surface area contributed by atoms with Gasteiger partial charge in [0.15, 0.2) is 5.78 Å². The number of nitrogens with one attached hydrogen (secondary N) is 1. The van der Waals surface area contributed by atoms with Crippen LogP contribution in [-0.2, 0) is 0 Å². The van der Waals surface area contributed by atoms with Crippen LogP contribution in [0.25, 0.3) is 0 Å². The lowest BCUT2D eigenvalue weighted by atomic mass is 10.1. The number of rotatable bonds is 3. The van der Waals surface area contributed by atoms with Crippen LogP contribution >= 0.6 is 11.6 Å². The molecule has 1 amide bonds. The minimum Gasteiger partial charge on any atom is -0.321 e.